The Kier molecular flexibility index (Phi) is 5.65. The van der Waals surface area contributed by atoms with E-state index in [1.165, 1.54) is 12.1 Å². The summed E-state index contributed by atoms with van der Waals surface area (Å²) < 4.78 is 24.3. The summed E-state index contributed by atoms with van der Waals surface area (Å²) in [4.78, 5) is 14.4. The maximum absolute atomic E-state index is 13.0. The number of hydrogen-bond acceptors (Lipinski definition) is 6. The summed E-state index contributed by atoms with van der Waals surface area (Å²) in [5.74, 6) is 0. The third-order valence-electron chi connectivity index (χ3n) is 4.23. The van der Waals surface area contributed by atoms with E-state index in [-0.39, 0.29) is 18.8 Å². The number of pyridine rings is 1. The van der Waals surface area contributed by atoms with Crippen LogP contribution in [0.25, 0.3) is 0 Å². The summed E-state index contributed by atoms with van der Waals surface area (Å²) >= 11 is 5.76. The highest BCUT2D eigenvalue weighted by Crippen LogP contribution is 2.58. The van der Waals surface area contributed by atoms with Crippen molar-refractivity contribution in [3.05, 3.63) is 69.0 Å². The first-order valence-electron chi connectivity index (χ1n) is 8.21. The van der Waals surface area contributed by atoms with Gasteiger partial charge < -0.3 is 0 Å². The van der Waals surface area contributed by atoms with Gasteiger partial charge in [0.1, 0.15) is 11.3 Å². The molecular formula is C17H19ClN3O5P. The molecule has 2 unspecified atom stereocenters. The molecule has 10 heteroatoms. The number of nitrogens with zero attached hydrogens (tertiary/aromatic N) is 2. The second kappa shape index (κ2) is 7.66. The van der Waals surface area contributed by atoms with E-state index in [2.05, 4.69) is 10.1 Å². The van der Waals surface area contributed by atoms with E-state index in [0.717, 1.165) is 5.56 Å². The molecule has 2 atom stereocenters. The van der Waals surface area contributed by atoms with Gasteiger partial charge in [-0.2, -0.15) is 0 Å². The average molecular weight is 412 g/mol. The van der Waals surface area contributed by atoms with E-state index in [9.17, 15) is 14.7 Å². The van der Waals surface area contributed by atoms with E-state index in [1.807, 2.05) is 13.8 Å². The molecule has 0 radical (unpaired) electrons. The van der Waals surface area contributed by atoms with E-state index < -0.39 is 24.2 Å². The molecule has 144 valence electrons. The summed E-state index contributed by atoms with van der Waals surface area (Å²) in [6, 6.07) is 9.44. The average Bonchev–Trinajstić information content (AvgIpc) is 2.64. The number of halogens is 1. The Labute approximate surface area is 161 Å². The van der Waals surface area contributed by atoms with Crippen LogP contribution in [0.15, 0.2) is 42.6 Å². The van der Waals surface area contributed by atoms with Crippen LogP contribution < -0.4 is 5.09 Å². The van der Waals surface area contributed by atoms with Crippen LogP contribution in [0.5, 0.6) is 0 Å². The van der Waals surface area contributed by atoms with Crippen molar-refractivity contribution in [2.24, 2.45) is 5.41 Å². The second-order valence-electron chi connectivity index (χ2n) is 6.92. The fraction of sp³-hybridized carbons (Fsp3) is 0.353. The standard InChI is InChI=1S/C17H19ClN3O5P/c1-17(2)11-25-27(24,20-10-12-3-8-15(18)19-9-12)26-16(17)13-4-6-14(7-5-13)21(22)23/h3-9,16H,10-11H2,1-2H3,(H,20,24). The largest absolute Gasteiger partial charge is 0.406 e. The number of non-ortho nitro benzene ring substituents is 1. The van der Waals surface area contributed by atoms with Crippen LogP contribution in [0.1, 0.15) is 31.1 Å². The Morgan fingerprint density at radius 2 is 2.04 bits per heavy atom. The highest BCUT2D eigenvalue weighted by atomic mass is 35.5. The van der Waals surface area contributed by atoms with Crippen LogP contribution >= 0.6 is 19.3 Å². The van der Waals surface area contributed by atoms with Crippen LogP contribution in [0.3, 0.4) is 0 Å². The van der Waals surface area contributed by atoms with Gasteiger partial charge in [0.25, 0.3) is 5.69 Å². The zero-order valence-electron chi connectivity index (χ0n) is 14.8. The van der Waals surface area contributed by atoms with E-state index in [1.54, 1.807) is 30.5 Å². The van der Waals surface area contributed by atoms with Crippen molar-refractivity contribution in [1.82, 2.24) is 10.1 Å². The van der Waals surface area contributed by atoms with E-state index >= 15 is 0 Å². The third-order valence-corrected chi connectivity index (χ3v) is 5.96. The molecule has 27 heavy (non-hydrogen) atoms. The molecule has 0 saturated carbocycles. The van der Waals surface area contributed by atoms with Gasteiger partial charge in [0.15, 0.2) is 0 Å². The molecule has 2 heterocycles. The Morgan fingerprint density at radius 3 is 2.63 bits per heavy atom. The van der Waals surface area contributed by atoms with Crippen molar-refractivity contribution >= 4 is 25.0 Å². The minimum Gasteiger partial charge on any atom is -0.296 e. The third kappa shape index (κ3) is 4.72. The van der Waals surface area contributed by atoms with Crippen LogP contribution in [0.4, 0.5) is 5.69 Å². The van der Waals surface area contributed by atoms with Crippen molar-refractivity contribution in [1.29, 1.82) is 0 Å². The predicted octanol–water partition coefficient (Wildman–Crippen LogP) is 4.66. The molecule has 1 aromatic carbocycles. The molecule has 0 aliphatic carbocycles. The summed E-state index contributed by atoms with van der Waals surface area (Å²) in [7, 11) is -3.57. The zero-order valence-corrected chi connectivity index (χ0v) is 16.4. The van der Waals surface area contributed by atoms with Crippen molar-refractivity contribution in [3.8, 4) is 0 Å². The maximum Gasteiger partial charge on any atom is 0.406 e. The Balaban J connectivity index is 1.76. The summed E-state index contributed by atoms with van der Waals surface area (Å²) in [5.41, 5.74) is 0.996. The summed E-state index contributed by atoms with van der Waals surface area (Å²) in [6.45, 7) is 4.28. The van der Waals surface area contributed by atoms with Gasteiger partial charge >= 0.3 is 7.75 Å². The second-order valence-corrected chi connectivity index (χ2v) is 9.09. The lowest BCUT2D eigenvalue weighted by atomic mass is 9.83. The molecule has 1 saturated heterocycles. The van der Waals surface area contributed by atoms with Crippen LogP contribution in [0.2, 0.25) is 5.15 Å². The number of hydrogen-bond donors (Lipinski definition) is 1. The van der Waals surface area contributed by atoms with Crippen LogP contribution in [-0.2, 0) is 20.2 Å². The lowest BCUT2D eigenvalue weighted by Crippen LogP contribution is -2.36. The first-order valence-corrected chi connectivity index (χ1v) is 10.1. The van der Waals surface area contributed by atoms with Gasteiger partial charge in [-0.05, 0) is 29.3 Å². The molecule has 1 aliphatic heterocycles. The fourth-order valence-corrected chi connectivity index (χ4v) is 4.61. The van der Waals surface area contributed by atoms with Crippen molar-refractivity contribution in [2.45, 2.75) is 26.5 Å². The topological polar surface area (TPSA) is 104 Å². The molecule has 2 aromatic rings. The van der Waals surface area contributed by atoms with Crippen LogP contribution in [-0.4, -0.2) is 16.5 Å². The number of nitro groups is 1. The Morgan fingerprint density at radius 1 is 1.33 bits per heavy atom. The highest BCUT2D eigenvalue weighted by Gasteiger charge is 2.45. The number of nitrogens with one attached hydrogen (secondary N) is 1. The van der Waals surface area contributed by atoms with E-state index in [4.69, 9.17) is 20.6 Å². The molecule has 0 amide bonds. The molecular weight excluding hydrogens is 393 g/mol. The first kappa shape index (κ1) is 19.9. The number of benzene rings is 1. The quantitative estimate of drug-likeness (QED) is 0.330. The maximum atomic E-state index is 13.0. The molecule has 1 fully saturated rings. The summed E-state index contributed by atoms with van der Waals surface area (Å²) in [5, 5.41) is 14.0. The van der Waals surface area contributed by atoms with Crippen molar-refractivity contribution in [3.63, 3.8) is 0 Å². The number of aromatic nitrogens is 1. The van der Waals surface area contributed by atoms with Gasteiger partial charge in [0, 0.05) is 30.3 Å². The monoisotopic (exact) mass is 411 g/mol. The minimum absolute atomic E-state index is 0.0137. The van der Waals surface area contributed by atoms with Crippen molar-refractivity contribution < 1.29 is 18.5 Å². The molecule has 1 aromatic heterocycles. The first-order chi connectivity index (χ1) is 12.7. The van der Waals surface area contributed by atoms with Gasteiger partial charge in [-0.15, -0.1) is 0 Å². The molecule has 0 bridgehead atoms. The number of rotatable bonds is 5. The smallest absolute Gasteiger partial charge is 0.296 e. The lowest BCUT2D eigenvalue weighted by molar-refractivity contribution is -0.384. The van der Waals surface area contributed by atoms with Crippen LogP contribution in [0, 0.1) is 15.5 Å². The molecule has 1 N–H and O–H groups in total. The lowest BCUT2D eigenvalue weighted by Gasteiger charge is -2.41. The highest BCUT2D eigenvalue weighted by molar-refractivity contribution is 7.51. The Bertz CT molecular complexity index is 873. The van der Waals surface area contributed by atoms with Crippen molar-refractivity contribution in [2.75, 3.05) is 6.61 Å². The molecule has 8 nitrogen and oxygen atoms in total. The molecule has 3 rings (SSSR count). The fourth-order valence-electron chi connectivity index (χ4n) is 2.70. The molecule has 0 spiro atoms. The Hall–Kier alpha value is -1.83. The van der Waals surface area contributed by atoms with Gasteiger partial charge in [-0.3, -0.25) is 19.2 Å². The minimum atomic E-state index is -3.57. The zero-order chi connectivity index (χ0) is 19.7. The summed E-state index contributed by atoms with van der Waals surface area (Å²) in [6.07, 6.45) is 1.03. The molecule has 1 aliphatic rings. The normalized spacial score (nSPS) is 24.5. The van der Waals surface area contributed by atoms with Gasteiger partial charge in [-0.25, -0.2) is 14.6 Å². The van der Waals surface area contributed by atoms with Gasteiger partial charge in [0.05, 0.1) is 11.5 Å². The van der Waals surface area contributed by atoms with Gasteiger partial charge in [-0.1, -0.05) is 31.5 Å². The van der Waals surface area contributed by atoms with Gasteiger partial charge in [0.2, 0.25) is 0 Å². The predicted molar refractivity (Wildman–Crippen MR) is 100 cm³/mol. The number of nitro benzene ring substituents is 1. The van der Waals surface area contributed by atoms with E-state index in [0.29, 0.717) is 10.7 Å². The SMILES string of the molecule is CC1(C)COP(=O)(NCc2ccc(Cl)nc2)OC1c1ccc([N+](=O)[O-])cc1.